The van der Waals surface area contributed by atoms with Gasteiger partial charge in [0.1, 0.15) is 6.17 Å². The van der Waals surface area contributed by atoms with Crippen molar-refractivity contribution < 1.29 is 19.2 Å². The largest absolute Gasteiger partial charge is 0.466 e. The number of nitrogens with one attached hydrogen (secondary N) is 1. The number of nitrogens with two attached hydrogens (primary N) is 1. The molecule has 0 fully saturated rings. The molecule has 8 heteroatoms. The molecule has 0 spiro atoms. The Morgan fingerprint density at radius 1 is 1.67 bits per heavy atom. The second kappa shape index (κ2) is 7.12. The van der Waals surface area contributed by atoms with Gasteiger partial charge in [0.2, 0.25) is 0 Å². The average molecular weight is 197 g/mol. The van der Waals surface area contributed by atoms with Gasteiger partial charge >= 0.3 is 7.82 Å². The fourth-order valence-corrected chi connectivity index (χ4v) is 0.174. The number of hydrogen-bond acceptors (Lipinski definition) is 4. The molecule has 72 valence electrons. The quantitative estimate of drug-likeness (QED) is 0.300. The molecule has 1 unspecified atom stereocenters. The number of aliphatic imine (C=N–C) groups is 1. The van der Waals surface area contributed by atoms with Crippen molar-refractivity contribution in [1.82, 2.24) is 0 Å². The Morgan fingerprint density at radius 3 is 2.08 bits per heavy atom. The lowest BCUT2D eigenvalue weighted by molar-refractivity contribution is 0.275. The molecule has 1 atom stereocenters. The first-order chi connectivity index (χ1) is 5.31. The van der Waals surface area contributed by atoms with Crippen LogP contribution in [0.3, 0.4) is 0 Å². The predicted molar refractivity (Wildman–Crippen MR) is 42.7 cm³/mol. The van der Waals surface area contributed by atoms with Crippen LogP contribution in [0.4, 0.5) is 0 Å². The minimum atomic E-state index is -4.64. The smallest absolute Gasteiger partial charge is 0.309 e. The maximum absolute atomic E-state index is 8.88. The highest BCUT2D eigenvalue weighted by atomic mass is 31.2. The number of hydrogen-bond donors (Lipinski definition) is 5. The molecular formula is C4H12N3O4P. The van der Waals surface area contributed by atoms with Crippen LogP contribution in [0, 0.1) is 5.41 Å². The monoisotopic (exact) mass is 197 g/mol. The lowest BCUT2D eigenvalue weighted by Gasteiger charge is -1.93. The number of nitrogens with zero attached hydrogens (tertiary/aromatic N) is 1. The van der Waals surface area contributed by atoms with E-state index in [0.29, 0.717) is 0 Å². The van der Waals surface area contributed by atoms with Gasteiger partial charge in [-0.25, -0.2) is 15.0 Å². The first-order valence-corrected chi connectivity index (χ1v) is 4.53. The van der Waals surface area contributed by atoms with Gasteiger partial charge in [-0.1, -0.05) is 6.92 Å². The van der Waals surface area contributed by atoms with Crippen molar-refractivity contribution in [3.63, 3.8) is 0 Å². The summed E-state index contributed by atoms with van der Waals surface area (Å²) in [5.74, 6) is 0. The normalized spacial score (nSPS) is 12.1. The Bertz CT molecular complexity index is 188. The van der Waals surface area contributed by atoms with Crippen LogP contribution in [0.5, 0.6) is 0 Å². The van der Waals surface area contributed by atoms with Crippen LogP contribution >= 0.6 is 7.82 Å². The summed E-state index contributed by atoms with van der Waals surface area (Å²) in [7, 11) is -4.64. The molecule has 7 nitrogen and oxygen atoms in total. The molecule has 0 rings (SSSR count). The molecule has 0 aliphatic rings. The van der Waals surface area contributed by atoms with Gasteiger partial charge in [0.15, 0.2) is 0 Å². The maximum Gasteiger partial charge on any atom is 0.466 e. The summed E-state index contributed by atoms with van der Waals surface area (Å²) in [6.45, 7) is 1.91. The van der Waals surface area contributed by atoms with Crippen molar-refractivity contribution in [3.8, 4) is 0 Å². The zero-order valence-corrected chi connectivity index (χ0v) is 7.40. The number of rotatable bonds is 2. The summed E-state index contributed by atoms with van der Waals surface area (Å²) in [5, 5.41) is 6.34. The van der Waals surface area contributed by atoms with Crippen LogP contribution in [0.2, 0.25) is 0 Å². The summed E-state index contributed by atoms with van der Waals surface area (Å²) < 4.78 is 8.88. The van der Waals surface area contributed by atoms with Crippen LogP contribution in [0.1, 0.15) is 13.3 Å². The van der Waals surface area contributed by atoms with Gasteiger partial charge < -0.3 is 20.4 Å². The van der Waals surface area contributed by atoms with Crippen molar-refractivity contribution in [2.24, 2.45) is 10.7 Å². The van der Waals surface area contributed by atoms with E-state index in [4.69, 9.17) is 30.4 Å². The Balaban J connectivity index is 0. The molecule has 6 N–H and O–H groups in total. The minimum Gasteiger partial charge on any atom is -0.309 e. The predicted octanol–water partition coefficient (Wildman–Crippen LogP) is -0.495. The second-order valence-corrected chi connectivity index (χ2v) is 2.76. The fraction of sp³-hybridized carbons (Fsp3) is 0.750. The highest BCUT2D eigenvalue weighted by Crippen LogP contribution is 2.25. The maximum atomic E-state index is 8.88. The molecule has 0 aromatic heterocycles. The highest BCUT2D eigenvalue weighted by molar-refractivity contribution is 7.45. The summed E-state index contributed by atoms with van der Waals surface area (Å²) >= 11 is 0. The third kappa shape index (κ3) is 34.1. The van der Waals surface area contributed by atoms with Gasteiger partial charge in [0.25, 0.3) is 0 Å². The second-order valence-electron chi connectivity index (χ2n) is 1.73. The van der Waals surface area contributed by atoms with Gasteiger partial charge in [-0.15, -0.1) is 0 Å². The lowest BCUT2D eigenvalue weighted by Crippen LogP contribution is -2.14. The number of phosphoric acid groups is 1. The SMILES string of the molecule is CCC(N)N=C=N.O=P(O)(O)O. The van der Waals surface area contributed by atoms with Gasteiger partial charge in [0, 0.05) is 0 Å². The third-order valence-electron chi connectivity index (χ3n) is 0.649. The summed E-state index contributed by atoms with van der Waals surface area (Å²) in [5.41, 5.74) is 5.23. The van der Waals surface area contributed by atoms with Crippen LogP contribution in [0.25, 0.3) is 0 Å². The molecule has 0 radical (unpaired) electrons. The van der Waals surface area contributed by atoms with Crippen molar-refractivity contribution in [1.29, 1.82) is 5.41 Å². The van der Waals surface area contributed by atoms with E-state index >= 15 is 0 Å². The van der Waals surface area contributed by atoms with E-state index in [-0.39, 0.29) is 6.17 Å². The molecule has 0 aromatic rings. The zero-order chi connectivity index (χ0) is 10.2. The summed E-state index contributed by atoms with van der Waals surface area (Å²) in [4.78, 5) is 25.0. The van der Waals surface area contributed by atoms with Gasteiger partial charge in [0.05, 0.1) is 6.01 Å². The Hall–Kier alpha value is -0.550. The van der Waals surface area contributed by atoms with E-state index in [0.717, 1.165) is 6.42 Å². The van der Waals surface area contributed by atoms with Crippen LogP contribution in [-0.2, 0) is 4.57 Å². The third-order valence-corrected chi connectivity index (χ3v) is 0.649. The van der Waals surface area contributed by atoms with E-state index < -0.39 is 7.82 Å². The molecule has 12 heavy (non-hydrogen) atoms. The van der Waals surface area contributed by atoms with Crippen molar-refractivity contribution in [3.05, 3.63) is 0 Å². The molecule has 0 saturated carbocycles. The topological polar surface area (TPSA) is 140 Å². The van der Waals surface area contributed by atoms with Crippen molar-refractivity contribution >= 4 is 13.8 Å². The molecular weight excluding hydrogens is 185 g/mol. The lowest BCUT2D eigenvalue weighted by atomic mass is 10.4. The molecule has 0 heterocycles. The Morgan fingerprint density at radius 2 is 2.00 bits per heavy atom. The minimum absolute atomic E-state index is 0.225. The van der Waals surface area contributed by atoms with Crippen molar-refractivity contribution in [2.75, 3.05) is 0 Å². The molecule has 0 aliphatic heterocycles. The standard InChI is InChI=1S/C4H9N3.H3O4P/c1-2-4(6)7-3-5;1-5(2,3)4/h4-5H,2,6H2,1H3;(H3,1,2,3,4). The van der Waals surface area contributed by atoms with Crippen molar-refractivity contribution in [2.45, 2.75) is 19.5 Å². The molecule has 0 aromatic carbocycles. The molecule has 0 saturated heterocycles. The molecule has 0 aliphatic carbocycles. The van der Waals surface area contributed by atoms with Gasteiger partial charge in [-0.05, 0) is 6.42 Å². The fourth-order valence-electron chi connectivity index (χ4n) is 0.174. The van der Waals surface area contributed by atoms with E-state index in [1.165, 1.54) is 0 Å². The molecule has 0 amide bonds. The highest BCUT2D eigenvalue weighted by Gasteiger charge is 2.00. The van der Waals surface area contributed by atoms with Gasteiger partial charge in [-0.2, -0.15) is 0 Å². The Labute approximate surface area is 69.7 Å². The van der Waals surface area contributed by atoms with Crippen LogP contribution in [-0.4, -0.2) is 26.9 Å². The Kier molecular flexibility index (Phi) is 8.31. The van der Waals surface area contributed by atoms with Crippen LogP contribution < -0.4 is 5.73 Å². The summed E-state index contributed by atoms with van der Waals surface area (Å²) in [6, 6.07) is 1.87. The van der Waals surface area contributed by atoms with Gasteiger partial charge in [-0.3, -0.25) is 0 Å². The van der Waals surface area contributed by atoms with E-state index in [2.05, 4.69) is 4.99 Å². The van der Waals surface area contributed by atoms with E-state index in [1.807, 2.05) is 12.9 Å². The average Bonchev–Trinajstić information content (AvgIpc) is 1.85. The first kappa shape index (κ1) is 14.0. The van der Waals surface area contributed by atoms with E-state index in [1.54, 1.807) is 0 Å². The molecule has 0 bridgehead atoms. The summed E-state index contributed by atoms with van der Waals surface area (Å²) in [6.07, 6.45) is 0.545. The van der Waals surface area contributed by atoms with E-state index in [9.17, 15) is 0 Å². The zero-order valence-electron chi connectivity index (χ0n) is 6.51. The van der Waals surface area contributed by atoms with Crippen LogP contribution in [0.15, 0.2) is 4.99 Å². The first-order valence-electron chi connectivity index (χ1n) is 2.96.